The Bertz CT molecular complexity index is 1230. The average Bonchev–Trinajstić information content (AvgIpc) is 3.17. The monoisotopic (exact) mass is 400 g/mol. The average molecular weight is 400 g/mol. The number of carbonyl (C=O) groups excluding carboxylic acids is 1. The topological polar surface area (TPSA) is 111 Å². The van der Waals surface area contributed by atoms with Gasteiger partial charge in [-0.3, -0.25) is 25.2 Å². The minimum Gasteiger partial charge on any atom is -0.418 e. The number of carbonyl (C=O) groups is 1. The molecule has 2 aromatic heterocycles. The van der Waals surface area contributed by atoms with Crippen LogP contribution in [0.15, 0.2) is 77.3 Å². The van der Waals surface area contributed by atoms with Gasteiger partial charge in [-0.2, -0.15) is 0 Å². The third kappa shape index (κ3) is 3.79. The molecular formula is C22H16N4O4. The summed E-state index contributed by atoms with van der Waals surface area (Å²) in [7, 11) is 0. The quantitative estimate of drug-likeness (QED) is 0.375. The molecule has 0 saturated heterocycles. The lowest BCUT2D eigenvalue weighted by molar-refractivity contribution is -0.384. The fourth-order valence-corrected chi connectivity index (χ4v) is 3.05. The van der Waals surface area contributed by atoms with E-state index in [-0.39, 0.29) is 23.4 Å². The second-order valence-electron chi connectivity index (χ2n) is 6.45. The summed E-state index contributed by atoms with van der Waals surface area (Å²) in [6.07, 6.45) is 1.58. The number of nitrogens with one attached hydrogen (secondary N) is 1. The van der Waals surface area contributed by atoms with Gasteiger partial charge in [0.25, 0.3) is 5.69 Å². The molecule has 0 aliphatic carbocycles. The van der Waals surface area contributed by atoms with E-state index in [4.69, 9.17) is 4.42 Å². The lowest BCUT2D eigenvalue weighted by Crippen LogP contribution is -2.05. The highest BCUT2D eigenvalue weighted by atomic mass is 16.6. The molecule has 1 amide bonds. The Hall–Kier alpha value is -4.33. The van der Waals surface area contributed by atoms with Crippen molar-refractivity contribution in [1.29, 1.82) is 0 Å². The van der Waals surface area contributed by atoms with Crippen LogP contribution < -0.4 is 5.32 Å². The summed E-state index contributed by atoms with van der Waals surface area (Å²) in [6, 6.07) is 19.1. The SMILES string of the molecule is CC(=O)Nc1oc(-c2ncccc2-c2cccc([N+](=O)[O-])c2)nc1-c1ccccc1. The van der Waals surface area contributed by atoms with Gasteiger partial charge in [0.1, 0.15) is 11.4 Å². The minimum atomic E-state index is -0.451. The highest BCUT2D eigenvalue weighted by Gasteiger charge is 2.21. The van der Waals surface area contributed by atoms with Gasteiger partial charge in [-0.1, -0.05) is 48.5 Å². The lowest BCUT2D eigenvalue weighted by atomic mass is 10.0. The van der Waals surface area contributed by atoms with Crippen molar-refractivity contribution in [2.24, 2.45) is 0 Å². The summed E-state index contributed by atoms with van der Waals surface area (Å²) in [5.41, 5.74) is 2.84. The van der Waals surface area contributed by atoms with Crippen molar-refractivity contribution in [3.05, 3.63) is 83.0 Å². The summed E-state index contributed by atoms with van der Waals surface area (Å²) >= 11 is 0. The Morgan fingerprint density at radius 2 is 1.77 bits per heavy atom. The van der Waals surface area contributed by atoms with E-state index in [2.05, 4.69) is 15.3 Å². The third-order valence-electron chi connectivity index (χ3n) is 4.34. The first kappa shape index (κ1) is 19.0. The summed E-state index contributed by atoms with van der Waals surface area (Å²) in [4.78, 5) is 31.3. The molecule has 4 rings (SSSR count). The van der Waals surface area contributed by atoms with E-state index in [0.717, 1.165) is 5.56 Å². The van der Waals surface area contributed by atoms with Crippen LogP contribution >= 0.6 is 0 Å². The largest absolute Gasteiger partial charge is 0.418 e. The maximum atomic E-state index is 11.7. The van der Waals surface area contributed by atoms with Crippen LogP contribution in [0.1, 0.15) is 6.92 Å². The number of benzene rings is 2. The van der Waals surface area contributed by atoms with Crippen LogP contribution in [-0.4, -0.2) is 20.8 Å². The standard InChI is InChI=1S/C22H16N4O4/c1-14(27)24-21-19(15-7-3-2-4-8-15)25-22(30-21)20-18(11-6-12-23-20)16-9-5-10-17(13-16)26(28)29/h2-13H,1H3,(H,24,27). The highest BCUT2D eigenvalue weighted by molar-refractivity contribution is 5.92. The second-order valence-corrected chi connectivity index (χ2v) is 6.45. The molecule has 0 bridgehead atoms. The van der Waals surface area contributed by atoms with Crippen molar-refractivity contribution in [1.82, 2.24) is 9.97 Å². The van der Waals surface area contributed by atoms with Gasteiger partial charge < -0.3 is 4.42 Å². The number of amides is 1. The fourth-order valence-electron chi connectivity index (χ4n) is 3.05. The summed E-state index contributed by atoms with van der Waals surface area (Å²) in [6.45, 7) is 1.38. The predicted octanol–water partition coefficient (Wildman–Crippen LogP) is 4.94. The van der Waals surface area contributed by atoms with Crippen LogP contribution in [0, 0.1) is 10.1 Å². The predicted molar refractivity (Wildman–Crippen MR) is 112 cm³/mol. The molecule has 0 spiro atoms. The van der Waals surface area contributed by atoms with Crippen molar-refractivity contribution >= 4 is 17.5 Å². The number of nitrogens with zero attached hydrogens (tertiary/aromatic N) is 3. The fraction of sp³-hybridized carbons (Fsp3) is 0.0455. The molecular weight excluding hydrogens is 384 g/mol. The molecule has 0 fully saturated rings. The zero-order valence-corrected chi connectivity index (χ0v) is 15.9. The first-order chi connectivity index (χ1) is 14.5. The van der Waals surface area contributed by atoms with Crippen LogP contribution in [0.3, 0.4) is 0 Å². The van der Waals surface area contributed by atoms with Gasteiger partial charge in [-0.05, 0) is 11.6 Å². The van der Waals surface area contributed by atoms with Crippen molar-refractivity contribution in [3.63, 3.8) is 0 Å². The first-order valence-electron chi connectivity index (χ1n) is 9.07. The van der Waals surface area contributed by atoms with Gasteiger partial charge in [0.05, 0.1) is 4.92 Å². The molecule has 0 saturated carbocycles. The van der Waals surface area contributed by atoms with Gasteiger partial charge in [0.15, 0.2) is 0 Å². The van der Waals surface area contributed by atoms with E-state index in [1.54, 1.807) is 30.5 Å². The maximum Gasteiger partial charge on any atom is 0.270 e. The molecule has 0 aliphatic rings. The number of aromatic nitrogens is 2. The Labute approximate surface area is 171 Å². The highest BCUT2D eigenvalue weighted by Crippen LogP contribution is 2.36. The summed E-state index contributed by atoms with van der Waals surface area (Å²) in [5, 5.41) is 13.8. The minimum absolute atomic E-state index is 0.0291. The molecule has 0 aliphatic heterocycles. The maximum absolute atomic E-state index is 11.7. The normalized spacial score (nSPS) is 10.6. The number of anilines is 1. The van der Waals surface area contributed by atoms with Gasteiger partial charge in [-0.25, -0.2) is 4.98 Å². The van der Waals surface area contributed by atoms with E-state index in [9.17, 15) is 14.9 Å². The number of pyridine rings is 1. The van der Waals surface area contributed by atoms with Gasteiger partial charge >= 0.3 is 0 Å². The number of nitro groups is 1. The van der Waals surface area contributed by atoms with Crippen LogP contribution in [0.2, 0.25) is 0 Å². The number of non-ortho nitro benzene ring substituents is 1. The molecule has 0 unspecified atom stereocenters. The van der Waals surface area contributed by atoms with Crippen molar-refractivity contribution in [2.75, 3.05) is 5.32 Å². The zero-order chi connectivity index (χ0) is 21.1. The Kier molecular flexibility index (Phi) is 5.04. The molecule has 148 valence electrons. The first-order valence-corrected chi connectivity index (χ1v) is 9.07. The van der Waals surface area contributed by atoms with Crippen molar-refractivity contribution < 1.29 is 14.1 Å². The number of hydrogen-bond donors (Lipinski definition) is 1. The molecule has 2 aromatic carbocycles. The molecule has 0 atom stereocenters. The van der Waals surface area contributed by atoms with Crippen molar-refractivity contribution in [2.45, 2.75) is 6.92 Å². The molecule has 0 radical (unpaired) electrons. The summed E-state index contributed by atoms with van der Waals surface area (Å²) < 4.78 is 5.87. The molecule has 4 aromatic rings. The molecule has 30 heavy (non-hydrogen) atoms. The zero-order valence-electron chi connectivity index (χ0n) is 15.9. The van der Waals surface area contributed by atoms with Crippen LogP contribution in [0.5, 0.6) is 0 Å². The van der Waals surface area contributed by atoms with Crippen LogP contribution in [0.25, 0.3) is 34.0 Å². The number of oxazole rings is 1. The molecule has 2 heterocycles. The van der Waals surface area contributed by atoms with E-state index in [1.807, 2.05) is 30.3 Å². The number of rotatable bonds is 5. The van der Waals surface area contributed by atoms with E-state index < -0.39 is 4.92 Å². The van der Waals surface area contributed by atoms with Crippen molar-refractivity contribution in [3.8, 4) is 34.0 Å². The second kappa shape index (κ2) is 7.96. The summed E-state index contributed by atoms with van der Waals surface area (Å²) in [5.74, 6) is 0.105. The van der Waals surface area contributed by atoms with Crippen LogP contribution in [-0.2, 0) is 4.79 Å². The Balaban J connectivity index is 1.86. The van der Waals surface area contributed by atoms with E-state index in [0.29, 0.717) is 22.5 Å². The van der Waals surface area contributed by atoms with Crippen LogP contribution in [0.4, 0.5) is 11.6 Å². The van der Waals surface area contributed by atoms with Gasteiger partial charge in [0, 0.05) is 36.4 Å². The Morgan fingerprint density at radius 3 is 2.50 bits per heavy atom. The Morgan fingerprint density at radius 1 is 1.00 bits per heavy atom. The van der Waals surface area contributed by atoms with Gasteiger partial charge in [0.2, 0.25) is 17.7 Å². The lowest BCUT2D eigenvalue weighted by Gasteiger charge is -2.05. The molecule has 1 N–H and O–H groups in total. The molecule has 8 heteroatoms. The smallest absolute Gasteiger partial charge is 0.270 e. The number of nitro benzene ring substituents is 1. The third-order valence-corrected chi connectivity index (χ3v) is 4.34. The molecule has 8 nitrogen and oxygen atoms in total. The van der Waals surface area contributed by atoms with Gasteiger partial charge in [-0.15, -0.1) is 0 Å². The number of hydrogen-bond acceptors (Lipinski definition) is 6. The van der Waals surface area contributed by atoms with E-state index >= 15 is 0 Å². The van der Waals surface area contributed by atoms with E-state index in [1.165, 1.54) is 19.1 Å².